The average Bonchev–Trinajstić information content (AvgIpc) is 3.72. The van der Waals surface area contributed by atoms with Gasteiger partial charge in [0.15, 0.2) is 11.6 Å². The van der Waals surface area contributed by atoms with E-state index in [1.807, 2.05) is 68.1 Å². The highest BCUT2D eigenvalue weighted by Crippen LogP contribution is 2.40. The van der Waals surface area contributed by atoms with Gasteiger partial charge in [0, 0.05) is 37.6 Å². The number of halogens is 2. The molecule has 3 aliphatic heterocycles. The molecule has 0 unspecified atom stereocenters. The van der Waals surface area contributed by atoms with Crippen LogP contribution in [0.2, 0.25) is 0 Å². The second kappa shape index (κ2) is 13.3. The van der Waals surface area contributed by atoms with Crippen LogP contribution in [0.15, 0.2) is 66.7 Å². The van der Waals surface area contributed by atoms with Gasteiger partial charge in [0.05, 0.1) is 6.04 Å². The minimum Gasteiger partial charge on any atom is -0.444 e. The number of ether oxygens (including phenoxy) is 1. The van der Waals surface area contributed by atoms with E-state index in [2.05, 4.69) is 22.3 Å². The Labute approximate surface area is 270 Å². The third kappa shape index (κ3) is 6.98. The minimum absolute atomic E-state index is 0.0338. The van der Waals surface area contributed by atoms with Crippen LogP contribution in [-0.4, -0.2) is 54.7 Å². The number of piperidine rings is 1. The van der Waals surface area contributed by atoms with Gasteiger partial charge in [0.2, 0.25) is 5.91 Å². The summed E-state index contributed by atoms with van der Waals surface area (Å²) >= 11 is 0. The molecule has 3 heterocycles. The fourth-order valence-corrected chi connectivity index (χ4v) is 7.20. The first kappa shape index (κ1) is 31.8. The molecule has 0 spiro atoms. The maximum atomic E-state index is 15.6. The Morgan fingerprint density at radius 1 is 0.804 bits per heavy atom. The van der Waals surface area contributed by atoms with Crippen molar-refractivity contribution >= 4 is 29.1 Å². The van der Waals surface area contributed by atoms with Crippen molar-refractivity contribution < 1.29 is 23.1 Å². The van der Waals surface area contributed by atoms with Crippen molar-refractivity contribution in [1.82, 2.24) is 4.90 Å². The van der Waals surface area contributed by atoms with E-state index in [0.717, 1.165) is 37.7 Å². The quantitative estimate of drug-likeness (QED) is 0.299. The normalized spacial score (nSPS) is 20.7. The molecule has 3 aromatic rings. The highest BCUT2D eigenvalue weighted by Gasteiger charge is 2.37. The lowest BCUT2D eigenvalue weighted by molar-refractivity contribution is -0.120. The third-order valence-corrected chi connectivity index (χ3v) is 9.41. The Morgan fingerprint density at radius 3 is 2.11 bits per heavy atom. The molecular formula is C37H44F2N4O3. The number of benzene rings is 3. The summed E-state index contributed by atoms with van der Waals surface area (Å²) in [5.74, 6) is -0.884. The zero-order valence-electron chi connectivity index (χ0n) is 27.0. The SMILES string of the molecule is CC(C)(C)OC(=O)N1CCC[C@H]1C(=O)Nc1ccc([C@@H]2CCCN2c2cc(F)c(N3CCC(c4ccccc4)CC3)c(F)c2)cc1. The van der Waals surface area contributed by atoms with Crippen LogP contribution in [-0.2, 0) is 9.53 Å². The number of likely N-dealkylation sites (tertiary alicyclic amines) is 1. The number of nitrogens with zero attached hydrogens (tertiary/aromatic N) is 3. The molecule has 3 fully saturated rings. The van der Waals surface area contributed by atoms with Gasteiger partial charge in [0.25, 0.3) is 0 Å². The van der Waals surface area contributed by atoms with E-state index in [-0.39, 0.29) is 17.6 Å². The second-order valence-electron chi connectivity index (χ2n) is 13.7. The first-order chi connectivity index (χ1) is 22.1. The monoisotopic (exact) mass is 630 g/mol. The van der Waals surface area contributed by atoms with Gasteiger partial charge in [-0.3, -0.25) is 9.69 Å². The van der Waals surface area contributed by atoms with Crippen molar-refractivity contribution in [2.75, 3.05) is 41.3 Å². The van der Waals surface area contributed by atoms with Gasteiger partial charge in [-0.05, 0) is 101 Å². The van der Waals surface area contributed by atoms with Gasteiger partial charge in [-0.25, -0.2) is 13.6 Å². The molecule has 3 saturated heterocycles. The van der Waals surface area contributed by atoms with Gasteiger partial charge in [0.1, 0.15) is 17.3 Å². The van der Waals surface area contributed by atoms with Crippen LogP contribution in [0, 0.1) is 11.6 Å². The van der Waals surface area contributed by atoms with Crippen molar-refractivity contribution in [2.45, 2.75) is 82.9 Å². The molecule has 3 aliphatic rings. The molecule has 0 saturated carbocycles. The standard InChI is InChI=1S/C37H44F2N4O3/c1-37(2,3)46-36(45)43-20-8-12-33(43)35(44)40-28-15-13-27(14-16-28)32-11-7-19-42(32)29-23-30(38)34(31(39)24-29)41-21-17-26(18-22-41)25-9-5-4-6-10-25/h4-6,9-10,13-16,23-24,26,32-33H,7-8,11-12,17-22H2,1-3H3,(H,40,44)/t32-,33-/m0/s1. The molecule has 3 aromatic carbocycles. The van der Waals surface area contributed by atoms with Crippen LogP contribution in [0.25, 0.3) is 0 Å². The van der Waals surface area contributed by atoms with E-state index < -0.39 is 29.4 Å². The van der Waals surface area contributed by atoms with Gasteiger partial charge in [-0.15, -0.1) is 0 Å². The maximum absolute atomic E-state index is 15.6. The Morgan fingerprint density at radius 2 is 1.46 bits per heavy atom. The van der Waals surface area contributed by atoms with E-state index in [4.69, 9.17) is 4.74 Å². The number of carbonyl (C=O) groups is 2. The number of carbonyl (C=O) groups excluding carboxylic acids is 2. The highest BCUT2D eigenvalue weighted by atomic mass is 19.1. The van der Waals surface area contributed by atoms with Crippen molar-refractivity contribution in [2.24, 2.45) is 0 Å². The van der Waals surface area contributed by atoms with Crippen molar-refractivity contribution in [3.63, 3.8) is 0 Å². The number of hydrogen-bond donors (Lipinski definition) is 1. The smallest absolute Gasteiger partial charge is 0.410 e. The molecule has 0 aliphatic carbocycles. The summed E-state index contributed by atoms with van der Waals surface area (Å²) in [4.78, 5) is 31.2. The molecule has 7 nitrogen and oxygen atoms in total. The van der Waals surface area contributed by atoms with E-state index >= 15 is 8.78 Å². The van der Waals surface area contributed by atoms with Crippen LogP contribution in [0.3, 0.4) is 0 Å². The Balaban J connectivity index is 1.10. The van der Waals surface area contributed by atoms with Gasteiger partial charge in [-0.1, -0.05) is 42.5 Å². The number of hydrogen-bond acceptors (Lipinski definition) is 5. The summed E-state index contributed by atoms with van der Waals surface area (Å²) < 4.78 is 36.7. The summed E-state index contributed by atoms with van der Waals surface area (Å²) in [6.07, 6.45) is 4.33. The molecule has 0 bridgehead atoms. The summed E-state index contributed by atoms with van der Waals surface area (Å²) in [5, 5.41) is 2.95. The zero-order valence-corrected chi connectivity index (χ0v) is 27.0. The number of amides is 2. The van der Waals surface area contributed by atoms with Crippen LogP contribution >= 0.6 is 0 Å². The summed E-state index contributed by atoms with van der Waals surface area (Å²) in [5.41, 5.74) is 2.91. The lowest BCUT2D eigenvalue weighted by atomic mass is 9.89. The van der Waals surface area contributed by atoms with E-state index in [0.29, 0.717) is 49.9 Å². The fraction of sp³-hybridized carbons (Fsp3) is 0.459. The highest BCUT2D eigenvalue weighted by molar-refractivity contribution is 5.96. The number of anilines is 3. The van der Waals surface area contributed by atoms with Crippen molar-refractivity contribution in [3.8, 4) is 0 Å². The molecule has 2 amide bonds. The Hall–Kier alpha value is -4.14. The molecule has 9 heteroatoms. The van der Waals surface area contributed by atoms with Gasteiger partial charge in [-0.2, -0.15) is 0 Å². The second-order valence-corrected chi connectivity index (χ2v) is 13.7. The van der Waals surface area contributed by atoms with Gasteiger partial charge >= 0.3 is 6.09 Å². The van der Waals surface area contributed by atoms with Crippen LogP contribution in [0.1, 0.15) is 82.4 Å². The lowest BCUT2D eigenvalue weighted by Gasteiger charge is -2.35. The van der Waals surface area contributed by atoms with E-state index in [9.17, 15) is 9.59 Å². The third-order valence-electron chi connectivity index (χ3n) is 9.41. The summed E-state index contributed by atoms with van der Waals surface area (Å²) in [6, 6.07) is 20.3. The van der Waals surface area contributed by atoms with Crippen LogP contribution in [0.5, 0.6) is 0 Å². The Kier molecular flexibility index (Phi) is 9.20. The zero-order chi connectivity index (χ0) is 32.4. The van der Waals surface area contributed by atoms with Gasteiger partial charge < -0.3 is 19.9 Å². The largest absolute Gasteiger partial charge is 0.444 e. The lowest BCUT2D eigenvalue weighted by Crippen LogP contribution is -2.45. The predicted molar refractivity (Wildman–Crippen MR) is 177 cm³/mol. The molecule has 46 heavy (non-hydrogen) atoms. The first-order valence-electron chi connectivity index (χ1n) is 16.5. The molecule has 1 N–H and O–H groups in total. The molecule has 6 rings (SSSR count). The van der Waals surface area contributed by atoms with Crippen molar-refractivity contribution in [3.05, 3.63) is 89.5 Å². The first-order valence-corrected chi connectivity index (χ1v) is 16.5. The molecule has 0 radical (unpaired) electrons. The van der Waals surface area contributed by atoms with E-state index in [1.54, 1.807) is 0 Å². The molecule has 0 aromatic heterocycles. The fourth-order valence-electron chi connectivity index (χ4n) is 7.20. The van der Waals surface area contributed by atoms with Crippen molar-refractivity contribution in [1.29, 1.82) is 0 Å². The molecular weight excluding hydrogens is 586 g/mol. The number of rotatable bonds is 6. The number of nitrogens with one attached hydrogen (secondary N) is 1. The molecule has 244 valence electrons. The summed E-state index contributed by atoms with van der Waals surface area (Å²) in [6.45, 7) is 7.83. The topological polar surface area (TPSA) is 65.1 Å². The maximum Gasteiger partial charge on any atom is 0.410 e. The van der Waals surface area contributed by atoms with Crippen LogP contribution in [0.4, 0.5) is 30.6 Å². The predicted octanol–water partition coefficient (Wildman–Crippen LogP) is 8.03. The average molecular weight is 631 g/mol. The van der Waals surface area contributed by atoms with Crippen LogP contribution < -0.4 is 15.1 Å². The van der Waals surface area contributed by atoms with E-state index in [1.165, 1.54) is 22.6 Å². The minimum atomic E-state index is -0.635. The molecule has 2 atom stereocenters. The Bertz CT molecular complexity index is 1510. The summed E-state index contributed by atoms with van der Waals surface area (Å²) in [7, 11) is 0.